The minimum atomic E-state index is -3.54. The molecule has 2 fully saturated rings. The van der Waals surface area contributed by atoms with E-state index in [2.05, 4.69) is 26.7 Å². The van der Waals surface area contributed by atoms with Crippen LogP contribution in [0.3, 0.4) is 0 Å². The molecule has 3 heterocycles. The van der Waals surface area contributed by atoms with E-state index in [1.54, 1.807) is 29.0 Å². The molecule has 0 amide bonds. The normalized spacial score (nSPS) is 23.5. The molecule has 0 aromatic carbocycles. The average Bonchev–Trinajstić information content (AvgIpc) is 3.28. The van der Waals surface area contributed by atoms with Crippen molar-refractivity contribution in [2.24, 2.45) is 5.41 Å². The second-order valence-electron chi connectivity index (χ2n) is 7.44. The summed E-state index contributed by atoms with van der Waals surface area (Å²) < 4.78 is 30.1. The van der Waals surface area contributed by atoms with Gasteiger partial charge in [0.2, 0.25) is 10.0 Å². The summed E-state index contributed by atoms with van der Waals surface area (Å²) in [4.78, 5) is 4.26. The molecular weight excluding hydrogens is 350 g/mol. The third kappa shape index (κ3) is 2.85. The molecule has 1 atom stereocenters. The number of hydrogen-bond donors (Lipinski definition) is 0. The van der Waals surface area contributed by atoms with Gasteiger partial charge in [-0.15, -0.1) is 10.2 Å². The number of pyridine rings is 1. The van der Waals surface area contributed by atoms with E-state index in [4.69, 9.17) is 0 Å². The summed E-state index contributed by atoms with van der Waals surface area (Å²) in [6, 6.07) is 3.29. The van der Waals surface area contributed by atoms with Crippen LogP contribution in [0, 0.1) is 5.41 Å². The molecule has 2 aliphatic rings. The van der Waals surface area contributed by atoms with Crippen LogP contribution in [0.4, 0.5) is 0 Å². The zero-order valence-electron chi connectivity index (χ0n) is 15.1. The van der Waals surface area contributed by atoms with Crippen LogP contribution in [0.1, 0.15) is 50.8 Å². The van der Waals surface area contributed by atoms with Crippen molar-refractivity contribution in [3.8, 4) is 0 Å². The van der Waals surface area contributed by atoms with Crippen LogP contribution in [0.2, 0.25) is 0 Å². The molecule has 2 aromatic rings. The van der Waals surface area contributed by atoms with Gasteiger partial charge in [-0.1, -0.05) is 19.3 Å². The van der Waals surface area contributed by atoms with Crippen molar-refractivity contribution in [1.29, 1.82) is 0 Å². The third-order valence-electron chi connectivity index (χ3n) is 6.04. The Morgan fingerprint density at radius 1 is 1.27 bits per heavy atom. The lowest BCUT2D eigenvalue weighted by atomic mass is 9.67. The minimum Gasteiger partial charge on any atom is -0.318 e. The van der Waals surface area contributed by atoms with Gasteiger partial charge >= 0.3 is 0 Å². The van der Waals surface area contributed by atoms with E-state index in [0.717, 1.165) is 38.1 Å². The van der Waals surface area contributed by atoms with Gasteiger partial charge in [-0.05, 0) is 37.3 Å². The Morgan fingerprint density at radius 3 is 2.77 bits per heavy atom. The average molecular weight is 375 g/mol. The smallest absolute Gasteiger partial charge is 0.244 e. The maximum absolute atomic E-state index is 13.2. The van der Waals surface area contributed by atoms with Gasteiger partial charge < -0.3 is 4.57 Å². The first-order valence-corrected chi connectivity index (χ1v) is 10.8. The van der Waals surface area contributed by atoms with Crippen molar-refractivity contribution >= 4 is 10.0 Å². The lowest BCUT2D eigenvalue weighted by molar-refractivity contribution is 0.176. The molecule has 140 valence electrons. The van der Waals surface area contributed by atoms with Crippen LogP contribution in [0.5, 0.6) is 0 Å². The first-order chi connectivity index (χ1) is 12.6. The largest absolute Gasteiger partial charge is 0.318 e. The van der Waals surface area contributed by atoms with E-state index in [1.807, 2.05) is 0 Å². The molecule has 1 spiro atoms. The molecule has 0 radical (unpaired) electrons. The lowest BCUT2D eigenvalue weighted by Crippen LogP contribution is -2.34. The molecule has 0 bridgehead atoms. The summed E-state index contributed by atoms with van der Waals surface area (Å²) in [5.41, 5.74) is -0.0342. The van der Waals surface area contributed by atoms with Gasteiger partial charge in [-0.2, -0.15) is 4.31 Å². The summed E-state index contributed by atoms with van der Waals surface area (Å²) in [5.74, 6) is 1.02. The fourth-order valence-corrected chi connectivity index (χ4v) is 6.17. The highest BCUT2D eigenvalue weighted by Gasteiger charge is 2.52. The maximum atomic E-state index is 13.2. The Kier molecular flexibility index (Phi) is 4.56. The Morgan fingerprint density at radius 2 is 2.08 bits per heavy atom. The highest BCUT2D eigenvalue weighted by Crippen LogP contribution is 2.52. The molecule has 1 unspecified atom stereocenters. The number of sulfonamides is 1. The SMILES string of the molecule is CCn1cnnc1C1CN(S(=O)(=O)c2cccnc2)CC12CCCCC2. The molecule has 1 aliphatic heterocycles. The quantitative estimate of drug-likeness (QED) is 0.820. The number of aryl methyl sites for hydroxylation is 1. The van der Waals surface area contributed by atoms with Gasteiger partial charge in [0.1, 0.15) is 17.0 Å². The molecule has 8 heteroatoms. The van der Waals surface area contributed by atoms with Crippen molar-refractivity contribution in [3.05, 3.63) is 36.7 Å². The number of nitrogens with zero attached hydrogens (tertiary/aromatic N) is 5. The lowest BCUT2D eigenvalue weighted by Gasteiger charge is -2.37. The van der Waals surface area contributed by atoms with Gasteiger partial charge in [0, 0.05) is 37.9 Å². The molecule has 2 aromatic heterocycles. The first kappa shape index (κ1) is 17.6. The molecule has 4 rings (SSSR count). The van der Waals surface area contributed by atoms with Crippen LogP contribution in [-0.4, -0.2) is 45.6 Å². The molecular formula is C18H25N5O2S. The fraction of sp³-hybridized carbons (Fsp3) is 0.611. The van der Waals surface area contributed by atoms with Gasteiger partial charge in [0.05, 0.1) is 0 Å². The van der Waals surface area contributed by atoms with E-state index >= 15 is 0 Å². The maximum Gasteiger partial charge on any atom is 0.244 e. The summed E-state index contributed by atoms with van der Waals surface area (Å²) in [6.45, 7) is 3.89. The molecule has 0 N–H and O–H groups in total. The Balaban J connectivity index is 1.72. The molecule has 1 saturated carbocycles. The first-order valence-electron chi connectivity index (χ1n) is 9.35. The standard InChI is InChI=1S/C18H25N5O2S/c1-2-22-14-20-21-17(22)16-12-23(13-18(16)8-4-3-5-9-18)26(24,25)15-7-6-10-19-11-15/h6-7,10-11,14,16H,2-5,8-9,12-13H2,1H3. The number of rotatable bonds is 4. The van der Waals surface area contributed by atoms with E-state index in [9.17, 15) is 8.42 Å². The zero-order valence-corrected chi connectivity index (χ0v) is 15.9. The second kappa shape index (κ2) is 6.74. The molecule has 7 nitrogen and oxygen atoms in total. The van der Waals surface area contributed by atoms with Crippen molar-refractivity contribution in [1.82, 2.24) is 24.1 Å². The van der Waals surface area contributed by atoms with E-state index < -0.39 is 10.0 Å². The van der Waals surface area contributed by atoms with E-state index in [-0.39, 0.29) is 16.2 Å². The number of aromatic nitrogens is 4. The molecule has 1 saturated heterocycles. The molecule has 26 heavy (non-hydrogen) atoms. The van der Waals surface area contributed by atoms with Gasteiger partial charge in [-0.3, -0.25) is 4.98 Å². The summed E-state index contributed by atoms with van der Waals surface area (Å²) in [7, 11) is -3.54. The zero-order chi connectivity index (χ0) is 18.2. The van der Waals surface area contributed by atoms with Gasteiger partial charge in [0.15, 0.2) is 0 Å². The summed E-state index contributed by atoms with van der Waals surface area (Å²) >= 11 is 0. The van der Waals surface area contributed by atoms with E-state index in [0.29, 0.717) is 13.1 Å². The fourth-order valence-electron chi connectivity index (χ4n) is 4.65. The van der Waals surface area contributed by atoms with E-state index in [1.165, 1.54) is 12.6 Å². The summed E-state index contributed by atoms with van der Waals surface area (Å²) in [6.07, 6.45) is 10.4. The predicted octanol–water partition coefficient (Wildman–Crippen LogP) is 2.43. The van der Waals surface area contributed by atoms with Crippen LogP contribution >= 0.6 is 0 Å². The third-order valence-corrected chi connectivity index (χ3v) is 7.83. The van der Waals surface area contributed by atoms with Crippen molar-refractivity contribution in [2.45, 2.75) is 56.4 Å². The van der Waals surface area contributed by atoms with Crippen LogP contribution in [-0.2, 0) is 16.6 Å². The van der Waals surface area contributed by atoms with Crippen molar-refractivity contribution < 1.29 is 8.42 Å². The Labute approximate surface area is 154 Å². The Bertz CT molecular complexity index is 859. The minimum absolute atomic E-state index is 0.0342. The van der Waals surface area contributed by atoms with Crippen molar-refractivity contribution in [2.75, 3.05) is 13.1 Å². The highest BCUT2D eigenvalue weighted by atomic mass is 32.2. The van der Waals surface area contributed by atoms with Gasteiger partial charge in [0.25, 0.3) is 0 Å². The van der Waals surface area contributed by atoms with Crippen LogP contribution in [0.15, 0.2) is 35.7 Å². The predicted molar refractivity (Wildman–Crippen MR) is 97.0 cm³/mol. The summed E-state index contributed by atoms with van der Waals surface area (Å²) in [5, 5.41) is 8.48. The second-order valence-corrected chi connectivity index (χ2v) is 9.37. The van der Waals surface area contributed by atoms with Crippen LogP contribution in [0.25, 0.3) is 0 Å². The Hall–Kier alpha value is -1.80. The highest BCUT2D eigenvalue weighted by molar-refractivity contribution is 7.89. The number of hydrogen-bond acceptors (Lipinski definition) is 5. The van der Waals surface area contributed by atoms with Gasteiger partial charge in [-0.25, -0.2) is 8.42 Å². The van der Waals surface area contributed by atoms with Crippen molar-refractivity contribution in [3.63, 3.8) is 0 Å². The topological polar surface area (TPSA) is 81.0 Å². The van der Waals surface area contributed by atoms with Crippen LogP contribution < -0.4 is 0 Å². The monoisotopic (exact) mass is 375 g/mol. The molecule has 1 aliphatic carbocycles.